The number of amides is 4. The number of hydrogen-bond acceptors (Lipinski definition) is 10. The second-order valence-corrected chi connectivity index (χ2v) is 7.27. The van der Waals surface area contributed by atoms with E-state index in [0.29, 0.717) is 55.1 Å². The SMILES string of the molecule is O=C(CCCCCCC(=O)ON1C(=O)CCC1=O)ON1C(=O)CCC1=O.O=CCCCC=O. The Kier molecular flexibility index (Phi) is 12.9. The Labute approximate surface area is 190 Å². The van der Waals surface area contributed by atoms with E-state index in [1.54, 1.807) is 0 Å². The maximum atomic E-state index is 11.6. The van der Waals surface area contributed by atoms with Crippen LogP contribution in [0.4, 0.5) is 0 Å². The third-order valence-electron chi connectivity index (χ3n) is 4.55. The standard InChI is InChI=1S/C16H20N2O8.C5H8O2/c19-11-7-8-12(20)17(11)25-15(23)5-3-1-2-4-6-16(24)26-18-13(21)9-10-14(18)22;6-4-2-1-3-5-7/h1-10H2;4-5H,1-3H2. The Hall–Kier alpha value is -3.44. The van der Waals surface area contributed by atoms with Gasteiger partial charge in [-0.2, -0.15) is 0 Å². The van der Waals surface area contributed by atoms with E-state index in [9.17, 15) is 38.4 Å². The quantitative estimate of drug-likeness (QED) is 0.217. The zero-order chi connectivity index (χ0) is 24.6. The molecule has 0 aliphatic carbocycles. The summed E-state index contributed by atoms with van der Waals surface area (Å²) in [4.78, 5) is 96.9. The fraction of sp³-hybridized carbons (Fsp3) is 0.619. The summed E-state index contributed by atoms with van der Waals surface area (Å²) in [6.45, 7) is 0. The molecule has 2 aliphatic heterocycles. The molecule has 182 valence electrons. The summed E-state index contributed by atoms with van der Waals surface area (Å²) in [7, 11) is 0. The molecule has 2 aliphatic rings. The molecule has 2 fully saturated rings. The predicted molar refractivity (Wildman–Crippen MR) is 108 cm³/mol. The lowest BCUT2D eigenvalue weighted by atomic mass is 10.1. The summed E-state index contributed by atoms with van der Waals surface area (Å²) < 4.78 is 0. The average Bonchev–Trinajstić information content (AvgIpc) is 3.27. The molecule has 0 atom stereocenters. The van der Waals surface area contributed by atoms with E-state index in [4.69, 9.17) is 9.68 Å². The fourth-order valence-corrected chi connectivity index (χ4v) is 2.79. The van der Waals surface area contributed by atoms with Crippen molar-refractivity contribution in [3.63, 3.8) is 0 Å². The average molecular weight is 468 g/mol. The van der Waals surface area contributed by atoms with Crippen molar-refractivity contribution in [2.75, 3.05) is 0 Å². The van der Waals surface area contributed by atoms with Gasteiger partial charge in [0, 0.05) is 51.4 Å². The van der Waals surface area contributed by atoms with E-state index in [2.05, 4.69) is 0 Å². The molecular formula is C21H28N2O10. The Morgan fingerprint density at radius 1 is 0.606 bits per heavy atom. The van der Waals surface area contributed by atoms with Crippen LogP contribution in [0.25, 0.3) is 0 Å². The summed E-state index contributed by atoms with van der Waals surface area (Å²) in [5, 5.41) is 1.03. The molecule has 0 radical (unpaired) electrons. The van der Waals surface area contributed by atoms with Crippen molar-refractivity contribution in [2.24, 2.45) is 0 Å². The van der Waals surface area contributed by atoms with Crippen LogP contribution in [0.1, 0.15) is 83.5 Å². The monoisotopic (exact) mass is 468 g/mol. The van der Waals surface area contributed by atoms with Crippen LogP contribution in [0.5, 0.6) is 0 Å². The van der Waals surface area contributed by atoms with E-state index in [-0.39, 0.29) is 38.5 Å². The van der Waals surface area contributed by atoms with Crippen LogP contribution in [-0.2, 0) is 48.0 Å². The van der Waals surface area contributed by atoms with E-state index >= 15 is 0 Å². The summed E-state index contributed by atoms with van der Waals surface area (Å²) in [5.41, 5.74) is 0. The minimum atomic E-state index is -0.654. The highest BCUT2D eigenvalue weighted by atomic mass is 16.7. The molecule has 33 heavy (non-hydrogen) atoms. The third-order valence-corrected chi connectivity index (χ3v) is 4.55. The highest BCUT2D eigenvalue weighted by Crippen LogP contribution is 2.15. The topological polar surface area (TPSA) is 161 Å². The lowest BCUT2D eigenvalue weighted by Gasteiger charge is -2.12. The first-order valence-corrected chi connectivity index (χ1v) is 10.8. The van der Waals surface area contributed by atoms with Gasteiger partial charge in [-0.1, -0.05) is 12.8 Å². The van der Waals surface area contributed by atoms with Crippen LogP contribution in [0.2, 0.25) is 0 Å². The number of unbranched alkanes of at least 4 members (excludes halogenated alkanes) is 5. The smallest absolute Gasteiger partial charge is 0.330 e. The Bertz CT molecular complexity index is 670. The van der Waals surface area contributed by atoms with Crippen molar-refractivity contribution in [3.05, 3.63) is 0 Å². The third kappa shape index (κ3) is 10.6. The largest absolute Gasteiger partial charge is 0.333 e. The molecule has 12 heteroatoms. The van der Waals surface area contributed by atoms with Crippen LogP contribution in [0, 0.1) is 0 Å². The number of aldehydes is 2. The number of nitrogens with zero attached hydrogens (tertiary/aromatic N) is 2. The van der Waals surface area contributed by atoms with E-state index in [0.717, 1.165) is 12.6 Å². The van der Waals surface area contributed by atoms with Crippen molar-refractivity contribution in [1.82, 2.24) is 10.1 Å². The maximum absolute atomic E-state index is 11.6. The summed E-state index contributed by atoms with van der Waals surface area (Å²) in [6, 6.07) is 0. The molecule has 0 saturated carbocycles. The number of hydroxylamine groups is 4. The maximum Gasteiger partial charge on any atom is 0.333 e. The molecule has 4 amide bonds. The second kappa shape index (κ2) is 15.4. The molecule has 0 aromatic rings. The van der Waals surface area contributed by atoms with E-state index in [1.807, 2.05) is 0 Å². The van der Waals surface area contributed by atoms with Gasteiger partial charge in [0.25, 0.3) is 23.6 Å². The first-order chi connectivity index (χ1) is 15.8. The molecule has 2 saturated heterocycles. The zero-order valence-electron chi connectivity index (χ0n) is 18.3. The van der Waals surface area contributed by atoms with Crippen molar-refractivity contribution in [2.45, 2.75) is 83.5 Å². The van der Waals surface area contributed by atoms with Gasteiger partial charge in [-0.05, 0) is 19.3 Å². The molecule has 0 aromatic carbocycles. The molecule has 0 spiro atoms. The zero-order valence-corrected chi connectivity index (χ0v) is 18.3. The van der Waals surface area contributed by atoms with Crippen LogP contribution < -0.4 is 0 Å². The predicted octanol–water partition coefficient (Wildman–Crippen LogP) is 1.10. The van der Waals surface area contributed by atoms with Gasteiger partial charge in [0.2, 0.25) is 0 Å². The van der Waals surface area contributed by atoms with Gasteiger partial charge in [0.15, 0.2) is 0 Å². The van der Waals surface area contributed by atoms with Crippen LogP contribution in [0.3, 0.4) is 0 Å². The lowest BCUT2D eigenvalue weighted by Crippen LogP contribution is -2.32. The number of hydrogen-bond donors (Lipinski definition) is 0. The van der Waals surface area contributed by atoms with Crippen molar-refractivity contribution < 1.29 is 48.0 Å². The van der Waals surface area contributed by atoms with Crippen molar-refractivity contribution in [1.29, 1.82) is 0 Å². The molecule has 0 aromatic heterocycles. The van der Waals surface area contributed by atoms with Gasteiger partial charge in [0.05, 0.1) is 0 Å². The fourth-order valence-electron chi connectivity index (χ4n) is 2.79. The minimum absolute atomic E-state index is 0.0524. The van der Waals surface area contributed by atoms with Gasteiger partial charge >= 0.3 is 11.9 Å². The summed E-state index contributed by atoms with van der Waals surface area (Å²) in [6.07, 6.45) is 5.91. The van der Waals surface area contributed by atoms with Crippen LogP contribution in [-0.4, -0.2) is 58.3 Å². The second-order valence-electron chi connectivity index (χ2n) is 7.27. The first kappa shape index (κ1) is 27.6. The number of carbonyl (C=O) groups is 8. The van der Waals surface area contributed by atoms with E-state index in [1.165, 1.54) is 0 Å². The first-order valence-electron chi connectivity index (χ1n) is 10.8. The van der Waals surface area contributed by atoms with Gasteiger partial charge in [-0.15, -0.1) is 10.1 Å². The molecule has 12 nitrogen and oxygen atoms in total. The number of carbonyl (C=O) groups excluding carboxylic acids is 8. The molecule has 2 heterocycles. The van der Waals surface area contributed by atoms with E-state index < -0.39 is 35.6 Å². The normalized spacial score (nSPS) is 15.3. The van der Waals surface area contributed by atoms with Crippen molar-refractivity contribution in [3.8, 4) is 0 Å². The van der Waals surface area contributed by atoms with Gasteiger partial charge in [-0.25, -0.2) is 9.59 Å². The van der Waals surface area contributed by atoms with Crippen LogP contribution in [0.15, 0.2) is 0 Å². The van der Waals surface area contributed by atoms with Gasteiger partial charge in [-0.3, -0.25) is 19.2 Å². The molecule has 0 N–H and O–H groups in total. The Morgan fingerprint density at radius 3 is 1.24 bits per heavy atom. The van der Waals surface area contributed by atoms with Gasteiger partial charge < -0.3 is 19.3 Å². The highest BCUT2D eigenvalue weighted by molar-refractivity contribution is 6.02. The Morgan fingerprint density at radius 2 is 0.939 bits per heavy atom. The van der Waals surface area contributed by atoms with Gasteiger partial charge in [0.1, 0.15) is 12.6 Å². The summed E-state index contributed by atoms with van der Waals surface area (Å²) in [5.74, 6) is -3.37. The minimum Gasteiger partial charge on any atom is -0.330 e. The molecule has 0 bridgehead atoms. The van der Waals surface area contributed by atoms with Crippen molar-refractivity contribution >= 4 is 48.1 Å². The lowest BCUT2D eigenvalue weighted by molar-refractivity contribution is -0.197. The molecule has 2 rings (SSSR count). The Balaban J connectivity index is 0.000000675. The number of imide groups is 2. The highest BCUT2D eigenvalue weighted by Gasteiger charge is 2.33. The molecule has 0 unspecified atom stereocenters. The molecular weight excluding hydrogens is 440 g/mol. The number of rotatable bonds is 13. The summed E-state index contributed by atoms with van der Waals surface area (Å²) >= 11 is 0. The van der Waals surface area contributed by atoms with Crippen LogP contribution >= 0.6 is 0 Å².